The largest absolute Gasteiger partial charge is 0.411 e. The Bertz CT molecular complexity index is 1330. The van der Waals surface area contributed by atoms with Crippen molar-refractivity contribution < 1.29 is 5.21 Å². The normalized spacial score (nSPS) is 11.2. The van der Waals surface area contributed by atoms with Gasteiger partial charge in [0.15, 0.2) is 0 Å². The highest BCUT2D eigenvalue weighted by Gasteiger charge is 2.15. The Morgan fingerprint density at radius 1 is 1.00 bits per heavy atom. The number of halogens is 1. The first kappa shape index (κ1) is 18.7. The number of hydrogen-bond donors (Lipinski definition) is 1. The van der Waals surface area contributed by atoms with E-state index in [-0.39, 0.29) is 5.56 Å². The van der Waals surface area contributed by atoms with Gasteiger partial charge in [0.05, 0.1) is 28.0 Å². The zero-order valence-corrected chi connectivity index (χ0v) is 16.0. The van der Waals surface area contributed by atoms with Gasteiger partial charge in [-0.2, -0.15) is 9.78 Å². The number of hydrogen-bond acceptors (Lipinski definition) is 4. The van der Waals surface area contributed by atoms with Gasteiger partial charge in [-0.25, -0.2) is 0 Å². The highest BCUT2D eigenvalue weighted by Crippen LogP contribution is 2.28. The van der Waals surface area contributed by atoms with E-state index in [1.807, 2.05) is 36.4 Å². The molecule has 0 spiro atoms. The Balaban J connectivity index is 2.09. The molecule has 1 N–H and O–H groups in total. The second-order valence-electron chi connectivity index (χ2n) is 6.40. The van der Waals surface area contributed by atoms with E-state index in [0.29, 0.717) is 32.7 Å². The maximum atomic E-state index is 13.1. The first-order valence-electron chi connectivity index (χ1n) is 8.84. The number of nitrogens with zero attached hydrogens (tertiary/aromatic N) is 3. The summed E-state index contributed by atoms with van der Waals surface area (Å²) in [6, 6.07) is 20.0. The lowest BCUT2D eigenvalue weighted by molar-refractivity contribution is 0.322. The molecule has 29 heavy (non-hydrogen) atoms. The molecule has 142 valence electrons. The molecule has 0 atom stereocenters. The number of fused-ring (bicyclic) bond motifs is 1. The lowest BCUT2D eigenvalue weighted by atomic mass is 10.00. The van der Waals surface area contributed by atoms with Gasteiger partial charge in [-0.05, 0) is 47.5 Å². The topological polar surface area (TPSA) is 67.5 Å². The summed E-state index contributed by atoms with van der Waals surface area (Å²) in [4.78, 5) is 13.1. The molecule has 0 saturated carbocycles. The first-order valence-corrected chi connectivity index (χ1v) is 9.22. The van der Waals surface area contributed by atoms with Crippen LogP contribution in [0.25, 0.3) is 33.8 Å². The summed E-state index contributed by atoms with van der Waals surface area (Å²) >= 11 is 6.34. The molecule has 0 aliphatic heterocycles. The van der Waals surface area contributed by atoms with E-state index >= 15 is 0 Å². The molecule has 0 bridgehead atoms. The Hall–Kier alpha value is -3.70. The van der Waals surface area contributed by atoms with Crippen molar-refractivity contribution in [1.82, 2.24) is 9.78 Å². The predicted octanol–water partition coefficient (Wildman–Crippen LogP) is 5.16. The van der Waals surface area contributed by atoms with Crippen molar-refractivity contribution in [3.05, 3.63) is 99.8 Å². The molecule has 4 aromatic rings. The quantitative estimate of drug-likeness (QED) is 0.292. The number of benzene rings is 3. The molecule has 0 fully saturated rings. The third-order valence-electron chi connectivity index (χ3n) is 4.58. The maximum Gasteiger partial charge on any atom is 0.279 e. The highest BCUT2D eigenvalue weighted by atomic mass is 35.5. The molecular weight excluding hydrogens is 386 g/mol. The Morgan fingerprint density at radius 3 is 2.41 bits per heavy atom. The molecule has 0 aliphatic rings. The molecule has 0 aliphatic carbocycles. The smallest absolute Gasteiger partial charge is 0.279 e. The van der Waals surface area contributed by atoms with Gasteiger partial charge < -0.3 is 5.21 Å². The number of rotatable bonds is 4. The van der Waals surface area contributed by atoms with Crippen molar-refractivity contribution in [2.24, 2.45) is 5.16 Å². The zero-order chi connectivity index (χ0) is 20.4. The minimum atomic E-state index is -0.255. The zero-order valence-electron chi connectivity index (χ0n) is 15.3. The average Bonchev–Trinajstić information content (AvgIpc) is 2.75. The van der Waals surface area contributed by atoms with Gasteiger partial charge in [0, 0.05) is 10.9 Å². The molecule has 1 aromatic heterocycles. The van der Waals surface area contributed by atoms with Gasteiger partial charge in [-0.3, -0.25) is 4.79 Å². The van der Waals surface area contributed by atoms with Crippen LogP contribution in [0.2, 0.25) is 5.02 Å². The third-order valence-corrected chi connectivity index (χ3v) is 4.90. The van der Waals surface area contributed by atoms with Gasteiger partial charge in [0.1, 0.15) is 0 Å². The van der Waals surface area contributed by atoms with E-state index in [0.717, 1.165) is 11.1 Å². The lowest BCUT2D eigenvalue weighted by Crippen LogP contribution is -2.22. The Labute approximate surface area is 171 Å². The first-order chi connectivity index (χ1) is 14.1. The van der Waals surface area contributed by atoms with E-state index in [1.165, 1.54) is 10.9 Å². The van der Waals surface area contributed by atoms with E-state index in [2.05, 4.69) is 16.8 Å². The maximum absolute atomic E-state index is 13.1. The van der Waals surface area contributed by atoms with Crippen LogP contribution in [0.5, 0.6) is 0 Å². The van der Waals surface area contributed by atoms with E-state index in [4.69, 9.17) is 16.8 Å². The molecule has 1 heterocycles. The number of para-hydroxylation sites is 1. The van der Waals surface area contributed by atoms with Crippen LogP contribution >= 0.6 is 11.6 Å². The minimum Gasteiger partial charge on any atom is -0.411 e. The fourth-order valence-corrected chi connectivity index (χ4v) is 3.48. The monoisotopic (exact) mass is 401 g/mol. The number of aromatic nitrogens is 2. The second kappa shape index (κ2) is 7.73. The summed E-state index contributed by atoms with van der Waals surface area (Å²) in [7, 11) is 0. The van der Waals surface area contributed by atoms with Gasteiger partial charge in [-0.1, -0.05) is 59.7 Å². The average molecular weight is 402 g/mol. The molecular formula is C23H16ClN3O2. The fourth-order valence-electron chi connectivity index (χ4n) is 3.26. The summed E-state index contributed by atoms with van der Waals surface area (Å²) in [6.07, 6.45) is 3.03. The summed E-state index contributed by atoms with van der Waals surface area (Å²) < 4.78 is 1.32. The van der Waals surface area contributed by atoms with Crippen molar-refractivity contribution in [3.8, 4) is 16.9 Å². The summed E-state index contributed by atoms with van der Waals surface area (Å²) in [5.74, 6) is 0. The minimum absolute atomic E-state index is 0.255. The van der Waals surface area contributed by atoms with Gasteiger partial charge in [0.2, 0.25) is 0 Å². The second-order valence-corrected chi connectivity index (χ2v) is 6.81. The van der Waals surface area contributed by atoms with Crippen molar-refractivity contribution >= 4 is 34.7 Å². The van der Waals surface area contributed by atoms with E-state index < -0.39 is 0 Å². The molecule has 4 rings (SSSR count). The van der Waals surface area contributed by atoms with Crippen LogP contribution in [0.15, 0.2) is 83.3 Å². The van der Waals surface area contributed by atoms with Crippen molar-refractivity contribution in [1.29, 1.82) is 0 Å². The van der Waals surface area contributed by atoms with Crippen LogP contribution in [0.1, 0.15) is 11.1 Å². The van der Waals surface area contributed by atoms with Crippen LogP contribution in [0.4, 0.5) is 0 Å². The van der Waals surface area contributed by atoms with Crippen molar-refractivity contribution in [3.63, 3.8) is 0 Å². The van der Waals surface area contributed by atoms with Crippen LogP contribution in [0.3, 0.4) is 0 Å². The molecule has 0 unspecified atom stereocenters. The Kier molecular flexibility index (Phi) is 4.97. The van der Waals surface area contributed by atoms with E-state index in [1.54, 1.807) is 36.4 Å². The van der Waals surface area contributed by atoms with Crippen LogP contribution in [0, 0.1) is 0 Å². The molecule has 0 radical (unpaired) electrons. The standard InChI is InChI=1S/C23H16ClN3O2/c1-2-15-11-16(14-25-29)13-17(12-15)22-18-7-3-4-8-19(18)23(28)27(26-22)21-10-6-5-9-20(21)24/h2-14,29H,1H2. The highest BCUT2D eigenvalue weighted by molar-refractivity contribution is 6.32. The Morgan fingerprint density at radius 2 is 1.69 bits per heavy atom. The van der Waals surface area contributed by atoms with Crippen molar-refractivity contribution in [2.75, 3.05) is 0 Å². The molecule has 0 saturated heterocycles. The van der Waals surface area contributed by atoms with Crippen LogP contribution in [-0.2, 0) is 0 Å². The van der Waals surface area contributed by atoms with Gasteiger partial charge >= 0.3 is 0 Å². The summed E-state index contributed by atoms with van der Waals surface area (Å²) in [5, 5.41) is 18.4. The SMILES string of the molecule is C=Cc1cc(C=NO)cc(-c2nn(-c3ccccc3Cl)c(=O)c3ccccc23)c1. The predicted molar refractivity (Wildman–Crippen MR) is 117 cm³/mol. The molecule has 3 aromatic carbocycles. The third kappa shape index (κ3) is 3.44. The lowest BCUT2D eigenvalue weighted by Gasteiger charge is -2.13. The van der Waals surface area contributed by atoms with Gasteiger partial charge in [0.25, 0.3) is 5.56 Å². The van der Waals surface area contributed by atoms with E-state index in [9.17, 15) is 4.79 Å². The fraction of sp³-hybridized carbons (Fsp3) is 0. The van der Waals surface area contributed by atoms with Crippen LogP contribution < -0.4 is 5.56 Å². The summed E-state index contributed by atoms with van der Waals surface area (Å²) in [5.41, 5.74) is 3.13. The number of oxime groups is 1. The molecule has 5 nitrogen and oxygen atoms in total. The van der Waals surface area contributed by atoms with Crippen molar-refractivity contribution in [2.45, 2.75) is 0 Å². The summed E-state index contributed by atoms with van der Waals surface area (Å²) in [6.45, 7) is 3.82. The molecule has 0 amide bonds. The molecule has 6 heteroatoms. The van der Waals surface area contributed by atoms with Gasteiger partial charge in [-0.15, -0.1) is 0 Å². The van der Waals surface area contributed by atoms with Crippen LogP contribution in [-0.4, -0.2) is 21.2 Å².